The van der Waals surface area contributed by atoms with E-state index in [1.54, 1.807) is 0 Å². The molecule has 0 bridgehead atoms. The molecule has 0 aliphatic carbocycles. The SMILES string of the molecule is CCC[C@@H]1CCCN(C(=O)C[C@@H](NC(N)=O)c2cccs2)CC1. The van der Waals surface area contributed by atoms with E-state index in [4.69, 9.17) is 5.73 Å². The summed E-state index contributed by atoms with van der Waals surface area (Å²) in [6.45, 7) is 3.87. The zero-order valence-corrected chi connectivity index (χ0v) is 14.6. The first kappa shape index (κ1) is 17.8. The van der Waals surface area contributed by atoms with Crippen LogP contribution in [0, 0.1) is 5.92 Å². The second-order valence-electron chi connectivity index (χ2n) is 6.25. The zero-order valence-electron chi connectivity index (χ0n) is 13.8. The Bertz CT molecular complexity index is 504. The third-order valence-corrected chi connectivity index (χ3v) is 5.47. The maximum atomic E-state index is 12.6. The summed E-state index contributed by atoms with van der Waals surface area (Å²) in [6, 6.07) is 2.93. The predicted molar refractivity (Wildman–Crippen MR) is 93.2 cm³/mol. The number of carbonyl (C=O) groups excluding carboxylic acids is 2. The number of hydrogen-bond donors (Lipinski definition) is 2. The van der Waals surface area contributed by atoms with Crippen molar-refractivity contribution in [3.8, 4) is 0 Å². The summed E-state index contributed by atoms with van der Waals surface area (Å²) in [6.07, 6.45) is 6.12. The first-order valence-electron chi connectivity index (χ1n) is 8.47. The van der Waals surface area contributed by atoms with Gasteiger partial charge in [0.25, 0.3) is 0 Å². The molecule has 0 radical (unpaired) electrons. The van der Waals surface area contributed by atoms with Crippen molar-refractivity contribution < 1.29 is 9.59 Å². The minimum Gasteiger partial charge on any atom is -0.352 e. The highest BCUT2D eigenvalue weighted by Gasteiger charge is 2.24. The van der Waals surface area contributed by atoms with E-state index in [0.29, 0.717) is 0 Å². The van der Waals surface area contributed by atoms with E-state index in [0.717, 1.165) is 36.7 Å². The quantitative estimate of drug-likeness (QED) is 0.836. The topological polar surface area (TPSA) is 75.4 Å². The van der Waals surface area contributed by atoms with Crippen LogP contribution in [-0.4, -0.2) is 29.9 Å². The lowest BCUT2D eigenvalue weighted by molar-refractivity contribution is -0.131. The van der Waals surface area contributed by atoms with Crippen molar-refractivity contribution in [2.45, 2.75) is 51.5 Å². The molecule has 3 amide bonds. The Labute approximate surface area is 142 Å². The minimum absolute atomic E-state index is 0.106. The number of rotatable bonds is 6. The van der Waals surface area contributed by atoms with Crippen LogP contribution < -0.4 is 11.1 Å². The van der Waals surface area contributed by atoms with E-state index in [1.165, 1.54) is 30.6 Å². The summed E-state index contributed by atoms with van der Waals surface area (Å²) in [5.41, 5.74) is 5.26. The van der Waals surface area contributed by atoms with Crippen LogP contribution in [0.4, 0.5) is 4.79 Å². The fraction of sp³-hybridized carbons (Fsp3) is 0.647. The number of nitrogens with one attached hydrogen (secondary N) is 1. The number of carbonyl (C=O) groups is 2. The highest BCUT2D eigenvalue weighted by Crippen LogP contribution is 2.25. The Morgan fingerprint density at radius 1 is 1.43 bits per heavy atom. The maximum absolute atomic E-state index is 12.6. The fourth-order valence-electron chi connectivity index (χ4n) is 3.30. The number of amides is 3. The van der Waals surface area contributed by atoms with E-state index < -0.39 is 6.03 Å². The molecule has 128 valence electrons. The third-order valence-electron chi connectivity index (χ3n) is 4.48. The lowest BCUT2D eigenvalue weighted by Crippen LogP contribution is -2.38. The van der Waals surface area contributed by atoms with Crippen LogP contribution in [0.2, 0.25) is 0 Å². The summed E-state index contributed by atoms with van der Waals surface area (Å²) in [5.74, 6) is 0.851. The minimum atomic E-state index is -0.588. The summed E-state index contributed by atoms with van der Waals surface area (Å²) >= 11 is 1.53. The number of primary amides is 1. The fourth-order valence-corrected chi connectivity index (χ4v) is 4.08. The van der Waals surface area contributed by atoms with Gasteiger partial charge in [0.15, 0.2) is 0 Å². The van der Waals surface area contributed by atoms with Crippen LogP contribution in [0.25, 0.3) is 0 Å². The van der Waals surface area contributed by atoms with Gasteiger partial charge in [0.2, 0.25) is 5.91 Å². The van der Waals surface area contributed by atoms with Gasteiger partial charge in [0.1, 0.15) is 0 Å². The molecule has 6 heteroatoms. The number of urea groups is 1. The largest absolute Gasteiger partial charge is 0.352 e. The molecular formula is C17H27N3O2S. The Morgan fingerprint density at radius 2 is 2.26 bits per heavy atom. The Kier molecular flexibility index (Phi) is 6.89. The highest BCUT2D eigenvalue weighted by molar-refractivity contribution is 7.10. The smallest absolute Gasteiger partial charge is 0.312 e. The van der Waals surface area contributed by atoms with Crippen molar-refractivity contribution in [1.29, 1.82) is 0 Å². The number of nitrogens with two attached hydrogens (primary N) is 1. The lowest BCUT2D eigenvalue weighted by Gasteiger charge is -2.24. The van der Waals surface area contributed by atoms with E-state index >= 15 is 0 Å². The molecule has 5 nitrogen and oxygen atoms in total. The van der Waals surface area contributed by atoms with Crippen LogP contribution in [-0.2, 0) is 4.79 Å². The van der Waals surface area contributed by atoms with Crippen LogP contribution >= 0.6 is 11.3 Å². The number of nitrogens with zero attached hydrogens (tertiary/aromatic N) is 1. The van der Waals surface area contributed by atoms with Gasteiger partial charge < -0.3 is 16.0 Å². The molecule has 1 saturated heterocycles. The van der Waals surface area contributed by atoms with Gasteiger partial charge in [0.05, 0.1) is 12.5 Å². The number of likely N-dealkylation sites (tertiary alicyclic amines) is 1. The maximum Gasteiger partial charge on any atom is 0.312 e. The molecule has 1 aromatic rings. The average molecular weight is 337 g/mol. The first-order chi connectivity index (χ1) is 11.1. The van der Waals surface area contributed by atoms with Crippen LogP contribution in [0.3, 0.4) is 0 Å². The summed E-state index contributed by atoms with van der Waals surface area (Å²) < 4.78 is 0. The van der Waals surface area contributed by atoms with Gasteiger partial charge in [0, 0.05) is 18.0 Å². The van der Waals surface area contributed by atoms with Gasteiger partial charge >= 0.3 is 6.03 Å². The summed E-state index contributed by atoms with van der Waals surface area (Å²) in [7, 11) is 0. The molecular weight excluding hydrogens is 310 g/mol. The normalized spacial score (nSPS) is 19.9. The molecule has 0 unspecified atom stereocenters. The van der Waals surface area contributed by atoms with Gasteiger partial charge in [-0.25, -0.2) is 4.79 Å². The van der Waals surface area contributed by atoms with Crippen molar-refractivity contribution in [2.75, 3.05) is 13.1 Å². The second-order valence-corrected chi connectivity index (χ2v) is 7.23. The molecule has 0 aromatic carbocycles. The standard InChI is InChI=1S/C17H27N3O2S/c1-2-5-13-6-3-9-20(10-8-13)16(21)12-14(19-17(18)22)15-7-4-11-23-15/h4,7,11,13-14H,2-3,5-6,8-10,12H2,1H3,(H3,18,19,22)/t13-,14-/m1/s1. The molecule has 3 N–H and O–H groups in total. The number of hydrogen-bond acceptors (Lipinski definition) is 3. The van der Waals surface area contributed by atoms with Gasteiger partial charge in [-0.3, -0.25) is 4.79 Å². The van der Waals surface area contributed by atoms with Gasteiger partial charge in [-0.15, -0.1) is 11.3 Å². The van der Waals surface area contributed by atoms with E-state index in [2.05, 4.69) is 12.2 Å². The van der Waals surface area contributed by atoms with Gasteiger partial charge in [-0.2, -0.15) is 0 Å². The van der Waals surface area contributed by atoms with Gasteiger partial charge in [-0.05, 0) is 36.6 Å². The lowest BCUT2D eigenvalue weighted by atomic mass is 9.96. The van der Waals surface area contributed by atoms with Crippen LogP contribution in [0.5, 0.6) is 0 Å². The average Bonchev–Trinajstić information content (AvgIpc) is 2.93. The van der Waals surface area contributed by atoms with Gasteiger partial charge in [-0.1, -0.05) is 25.8 Å². The molecule has 0 spiro atoms. The molecule has 2 atom stereocenters. The molecule has 23 heavy (non-hydrogen) atoms. The van der Waals surface area contributed by atoms with Crippen molar-refractivity contribution in [1.82, 2.24) is 10.2 Å². The Hall–Kier alpha value is -1.56. The summed E-state index contributed by atoms with van der Waals surface area (Å²) in [5, 5.41) is 4.64. The second kappa shape index (κ2) is 8.91. The van der Waals surface area contributed by atoms with E-state index in [-0.39, 0.29) is 18.4 Å². The number of thiophene rings is 1. The highest BCUT2D eigenvalue weighted by atomic mass is 32.1. The Morgan fingerprint density at radius 3 is 2.91 bits per heavy atom. The molecule has 1 aliphatic heterocycles. The van der Waals surface area contributed by atoms with Crippen LogP contribution in [0.15, 0.2) is 17.5 Å². The third kappa shape index (κ3) is 5.53. The molecule has 1 fully saturated rings. The van der Waals surface area contributed by atoms with Crippen molar-refractivity contribution in [3.05, 3.63) is 22.4 Å². The molecule has 0 saturated carbocycles. The molecule has 2 rings (SSSR count). The van der Waals surface area contributed by atoms with Crippen molar-refractivity contribution in [3.63, 3.8) is 0 Å². The summed E-state index contributed by atoms with van der Waals surface area (Å²) in [4.78, 5) is 26.8. The molecule has 1 aliphatic rings. The zero-order chi connectivity index (χ0) is 16.7. The van der Waals surface area contributed by atoms with E-state index in [9.17, 15) is 9.59 Å². The molecule has 2 heterocycles. The molecule has 1 aromatic heterocycles. The van der Waals surface area contributed by atoms with Crippen molar-refractivity contribution >= 4 is 23.3 Å². The Balaban J connectivity index is 1.94. The van der Waals surface area contributed by atoms with Crippen molar-refractivity contribution in [2.24, 2.45) is 11.7 Å². The van der Waals surface area contributed by atoms with Crippen LogP contribution in [0.1, 0.15) is 56.4 Å². The first-order valence-corrected chi connectivity index (χ1v) is 9.35. The monoisotopic (exact) mass is 337 g/mol. The van der Waals surface area contributed by atoms with E-state index in [1.807, 2.05) is 22.4 Å². The predicted octanol–water partition coefficient (Wildman–Crippen LogP) is 3.28.